The minimum Gasteiger partial charge on any atom is -0.367 e. The van der Waals surface area contributed by atoms with Gasteiger partial charge in [0.2, 0.25) is 0 Å². The Labute approximate surface area is 106 Å². The van der Waals surface area contributed by atoms with Crippen molar-refractivity contribution in [2.24, 2.45) is 16.7 Å². The van der Waals surface area contributed by atoms with E-state index in [2.05, 4.69) is 33.8 Å². The molecule has 0 spiro atoms. The summed E-state index contributed by atoms with van der Waals surface area (Å²) in [5, 5.41) is 0. The molecule has 0 bridgehead atoms. The van der Waals surface area contributed by atoms with E-state index in [-0.39, 0.29) is 5.60 Å². The maximum absolute atomic E-state index is 6.03. The van der Waals surface area contributed by atoms with Crippen LogP contribution in [-0.2, 0) is 4.74 Å². The van der Waals surface area contributed by atoms with Crippen LogP contribution in [0.4, 0.5) is 0 Å². The Morgan fingerprint density at radius 1 is 1.12 bits per heavy atom. The Morgan fingerprint density at radius 2 is 1.88 bits per heavy atom. The molecule has 3 atom stereocenters. The molecule has 2 aliphatic carbocycles. The number of hydrogen-bond acceptors (Lipinski definition) is 1. The zero-order chi connectivity index (χ0) is 12.3. The van der Waals surface area contributed by atoms with E-state index in [0.717, 1.165) is 12.5 Å². The fraction of sp³-hybridized carbons (Fsp3) is 0.875. The van der Waals surface area contributed by atoms with Gasteiger partial charge < -0.3 is 4.74 Å². The first kappa shape index (κ1) is 11.8. The summed E-state index contributed by atoms with van der Waals surface area (Å²) in [6, 6.07) is 0. The Morgan fingerprint density at radius 3 is 2.65 bits per heavy atom. The van der Waals surface area contributed by atoms with E-state index < -0.39 is 0 Å². The van der Waals surface area contributed by atoms with E-state index in [1.165, 1.54) is 32.1 Å². The van der Waals surface area contributed by atoms with Gasteiger partial charge in [0.1, 0.15) is 0 Å². The zero-order valence-corrected chi connectivity index (χ0v) is 11.8. The van der Waals surface area contributed by atoms with Crippen molar-refractivity contribution in [2.75, 3.05) is 6.61 Å². The van der Waals surface area contributed by atoms with Gasteiger partial charge in [-0.1, -0.05) is 33.3 Å². The van der Waals surface area contributed by atoms with Crippen molar-refractivity contribution in [2.45, 2.75) is 65.4 Å². The molecule has 0 aromatic carbocycles. The Balaban J connectivity index is 2.04. The Kier molecular flexibility index (Phi) is 2.34. The van der Waals surface area contributed by atoms with Crippen molar-refractivity contribution in [1.82, 2.24) is 0 Å². The average molecular weight is 234 g/mol. The molecule has 3 aliphatic rings. The lowest BCUT2D eigenvalue weighted by molar-refractivity contribution is -0.0709. The van der Waals surface area contributed by atoms with E-state index in [9.17, 15) is 0 Å². The largest absolute Gasteiger partial charge is 0.367 e. The third-order valence-electron chi connectivity index (χ3n) is 6.01. The molecule has 17 heavy (non-hydrogen) atoms. The normalized spacial score (nSPS) is 48.2. The van der Waals surface area contributed by atoms with Gasteiger partial charge in [-0.2, -0.15) is 0 Å². The van der Waals surface area contributed by atoms with Crippen LogP contribution >= 0.6 is 0 Å². The second-order valence-electron chi connectivity index (χ2n) is 7.51. The minimum atomic E-state index is 0.0681. The maximum atomic E-state index is 6.03. The van der Waals surface area contributed by atoms with E-state index in [1.807, 2.05) is 0 Å². The van der Waals surface area contributed by atoms with Crippen molar-refractivity contribution < 1.29 is 4.74 Å². The topological polar surface area (TPSA) is 9.23 Å². The highest BCUT2D eigenvalue weighted by molar-refractivity contribution is 5.32. The first-order valence-electron chi connectivity index (χ1n) is 7.24. The highest BCUT2D eigenvalue weighted by atomic mass is 16.5. The van der Waals surface area contributed by atoms with Gasteiger partial charge in [0.25, 0.3) is 0 Å². The van der Waals surface area contributed by atoms with Gasteiger partial charge in [-0.05, 0) is 54.9 Å². The summed E-state index contributed by atoms with van der Waals surface area (Å²) in [5.41, 5.74) is 2.62. The highest BCUT2D eigenvalue weighted by Crippen LogP contribution is 2.63. The molecule has 2 fully saturated rings. The van der Waals surface area contributed by atoms with Crippen LogP contribution in [0.25, 0.3) is 0 Å². The van der Waals surface area contributed by atoms with Crippen LogP contribution < -0.4 is 0 Å². The smallest absolute Gasteiger partial charge is 0.0874 e. The summed E-state index contributed by atoms with van der Waals surface area (Å²) >= 11 is 0. The second-order valence-corrected chi connectivity index (χ2v) is 7.51. The van der Waals surface area contributed by atoms with Crippen LogP contribution in [0.1, 0.15) is 59.8 Å². The molecule has 0 aromatic rings. The van der Waals surface area contributed by atoms with Crippen LogP contribution in [0.15, 0.2) is 11.6 Å². The molecule has 0 N–H and O–H groups in total. The number of ether oxygens (including phenoxy) is 1. The van der Waals surface area contributed by atoms with Crippen molar-refractivity contribution in [3.8, 4) is 0 Å². The molecule has 96 valence electrons. The maximum Gasteiger partial charge on any atom is 0.0874 e. The lowest BCUT2D eigenvalue weighted by atomic mass is 9.48. The number of fused-ring (bicyclic) bond motifs is 3. The third kappa shape index (κ3) is 1.47. The lowest BCUT2D eigenvalue weighted by Gasteiger charge is -2.58. The van der Waals surface area contributed by atoms with Crippen LogP contribution in [0, 0.1) is 16.7 Å². The van der Waals surface area contributed by atoms with Gasteiger partial charge >= 0.3 is 0 Å². The summed E-state index contributed by atoms with van der Waals surface area (Å²) < 4.78 is 6.03. The predicted octanol–water partition coefficient (Wildman–Crippen LogP) is 4.33. The van der Waals surface area contributed by atoms with Crippen molar-refractivity contribution in [1.29, 1.82) is 0 Å². The first-order valence-corrected chi connectivity index (χ1v) is 7.24. The van der Waals surface area contributed by atoms with Crippen molar-refractivity contribution in [3.63, 3.8) is 0 Å². The highest BCUT2D eigenvalue weighted by Gasteiger charge is 2.56. The fourth-order valence-corrected chi connectivity index (χ4v) is 5.22. The van der Waals surface area contributed by atoms with Crippen LogP contribution in [-0.4, -0.2) is 12.2 Å². The van der Waals surface area contributed by atoms with E-state index in [4.69, 9.17) is 4.74 Å². The van der Waals surface area contributed by atoms with E-state index in [1.54, 1.807) is 5.57 Å². The van der Waals surface area contributed by atoms with Gasteiger partial charge in [0.15, 0.2) is 0 Å². The second kappa shape index (κ2) is 3.38. The van der Waals surface area contributed by atoms with Gasteiger partial charge in [-0.15, -0.1) is 0 Å². The fourth-order valence-electron chi connectivity index (χ4n) is 5.22. The monoisotopic (exact) mass is 234 g/mol. The van der Waals surface area contributed by atoms with E-state index >= 15 is 0 Å². The van der Waals surface area contributed by atoms with Crippen LogP contribution in [0.2, 0.25) is 0 Å². The molecule has 0 radical (unpaired) electrons. The predicted molar refractivity (Wildman–Crippen MR) is 70.9 cm³/mol. The molecule has 0 saturated heterocycles. The first-order chi connectivity index (χ1) is 7.89. The molecule has 1 heteroatoms. The average Bonchev–Trinajstić information content (AvgIpc) is 2.60. The Bertz CT molecular complexity index is 368. The van der Waals surface area contributed by atoms with Crippen LogP contribution in [0.3, 0.4) is 0 Å². The zero-order valence-electron chi connectivity index (χ0n) is 11.8. The van der Waals surface area contributed by atoms with Gasteiger partial charge in [0, 0.05) is 0 Å². The number of rotatable bonds is 0. The standard InChI is InChI=1S/C16H26O/c1-14(2)8-5-9-15(3)12(14)6-10-16(4)13(15)7-11-17-16/h7,12H,5-6,8-11H2,1-4H3/t12-,15-,16+/m1/s1. The molecule has 1 heterocycles. The van der Waals surface area contributed by atoms with Gasteiger partial charge in [0.05, 0.1) is 12.2 Å². The molecule has 0 amide bonds. The SMILES string of the molecule is CC1(C)CCC[C@@]2(C)C3=CCO[C@@]3(C)CC[C@H]12. The summed E-state index contributed by atoms with van der Waals surface area (Å²) in [6.07, 6.45) is 9.12. The molecular weight excluding hydrogens is 208 g/mol. The third-order valence-corrected chi connectivity index (χ3v) is 6.01. The minimum absolute atomic E-state index is 0.0681. The molecule has 3 rings (SSSR count). The summed E-state index contributed by atoms with van der Waals surface area (Å²) in [7, 11) is 0. The van der Waals surface area contributed by atoms with Gasteiger partial charge in [-0.3, -0.25) is 0 Å². The van der Waals surface area contributed by atoms with E-state index in [0.29, 0.717) is 10.8 Å². The van der Waals surface area contributed by atoms with Crippen LogP contribution in [0.5, 0.6) is 0 Å². The molecule has 0 unspecified atom stereocenters. The van der Waals surface area contributed by atoms with Gasteiger partial charge in [-0.25, -0.2) is 0 Å². The summed E-state index contributed by atoms with van der Waals surface area (Å²) in [5.74, 6) is 0.852. The van der Waals surface area contributed by atoms with Crippen molar-refractivity contribution in [3.05, 3.63) is 11.6 Å². The molecule has 0 aromatic heterocycles. The molecule has 1 nitrogen and oxygen atoms in total. The quantitative estimate of drug-likeness (QED) is 0.567. The molecule has 1 aliphatic heterocycles. The number of hydrogen-bond donors (Lipinski definition) is 0. The van der Waals surface area contributed by atoms with Crippen molar-refractivity contribution >= 4 is 0 Å². The summed E-state index contributed by atoms with van der Waals surface area (Å²) in [6.45, 7) is 10.6. The molecule has 2 saturated carbocycles. The summed E-state index contributed by atoms with van der Waals surface area (Å²) in [4.78, 5) is 0. The lowest BCUT2D eigenvalue weighted by Crippen LogP contribution is -2.52. The Hall–Kier alpha value is -0.300. The molecular formula is C16H26O.